The van der Waals surface area contributed by atoms with Gasteiger partial charge in [0, 0.05) is 41.5 Å². The van der Waals surface area contributed by atoms with Crippen molar-refractivity contribution in [1.29, 1.82) is 0 Å². The summed E-state index contributed by atoms with van der Waals surface area (Å²) in [5, 5.41) is 6.13. The van der Waals surface area contributed by atoms with Gasteiger partial charge in [-0.05, 0) is 35.8 Å². The van der Waals surface area contributed by atoms with Crippen LogP contribution in [0.25, 0.3) is 0 Å². The maximum absolute atomic E-state index is 6.26. The molecule has 2 nitrogen and oxygen atoms in total. The van der Waals surface area contributed by atoms with Crippen molar-refractivity contribution in [1.82, 2.24) is 0 Å². The second-order valence-corrected chi connectivity index (χ2v) is 8.03. The van der Waals surface area contributed by atoms with E-state index in [-0.39, 0.29) is 6.10 Å². The van der Waals surface area contributed by atoms with Gasteiger partial charge in [-0.25, -0.2) is 0 Å². The van der Waals surface area contributed by atoms with Crippen LogP contribution in [0.15, 0.2) is 29.7 Å². The third-order valence-corrected chi connectivity index (χ3v) is 6.30. The van der Waals surface area contributed by atoms with E-state index in [4.69, 9.17) is 4.74 Å². The lowest BCUT2D eigenvalue weighted by atomic mass is 9.75. The molecule has 118 valence electrons. The van der Waals surface area contributed by atoms with E-state index in [1.807, 2.05) is 11.8 Å². The Labute approximate surface area is 137 Å². The van der Waals surface area contributed by atoms with Crippen LogP contribution in [0.1, 0.15) is 49.8 Å². The Balaban J connectivity index is 1.72. The third-order valence-electron chi connectivity index (χ3n) is 5.37. The van der Waals surface area contributed by atoms with Gasteiger partial charge in [-0.1, -0.05) is 32.1 Å². The Hall–Kier alpha value is -0.930. The molecule has 22 heavy (non-hydrogen) atoms. The molecule has 3 aliphatic rings. The van der Waals surface area contributed by atoms with Gasteiger partial charge in [-0.3, -0.25) is 0 Å². The van der Waals surface area contributed by atoms with Gasteiger partial charge in [0.1, 0.15) is 0 Å². The molecular formula is C19H25NOS. The zero-order chi connectivity index (χ0) is 15.1. The van der Waals surface area contributed by atoms with Crippen LogP contribution < -0.4 is 5.32 Å². The van der Waals surface area contributed by atoms with Crippen LogP contribution >= 0.6 is 11.8 Å². The quantitative estimate of drug-likeness (QED) is 0.834. The fraction of sp³-hybridized carbons (Fsp3) is 0.579. The molecule has 0 spiro atoms. The summed E-state index contributed by atoms with van der Waals surface area (Å²) in [5.74, 6) is 3.02. The number of ether oxygens (including phenoxy) is 1. The summed E-state index contributed by atoms with van der Waals surface area (Å²) in [4.78, 5) is 0. The molecule has 1 unspecified atom stereocenters. The van der Waals surface area contributed by atoms with E-state index in [2.05, 4.69) is 48.8 Å². The van der Waals surface area contributed by atoms with Crippen molar-refractivity contribution in [2.75, 3.05) is 17.7 Å². The molecule has 3 aliphatic heterocycles. The Bertz CT molecular complexity index is 583. The van der Waals surface area contributed by atoms with Crippen LogP contribution in [-0.4, -0.2) is 18.4 Å². The minimum absolute atomic E-state index is 0.285. The fourth-order valence-electron chi connectivity index (χ4n) is 4.11. The smallest absolute Gasteiger partial charge is 0.0892 e. The number of thioether (sulfide) groups is 1. The summed E-state index contributed by atoms with van der Waals surface area (Å²) in [6.07, 6.45) is 5.15. The first-order valence-corrected chi connectivity index (χ1v) is 9.59. The molecule has 0 aromatic heterocycles. The molecule has 1 fully saturated rings. The predicted octanol–water partition coefficient (Wildman–Crippen LogP) is 4.95. The van der Waals surface area contributed by atoms with Gasteiger partial charge < -0.3 is 10.1 Å². The highest BCUT2D eigenvalue weighted by Gasteiger charge is 2.42. The average Bonchev–Trinajstić information content (AvgIpc) is 3.08. The molecular weight excluding hydrogens is 290 g/mol. The number of hydrogen-bond acceptors (Lipinski definition) is 3. The summed E-state index contributed by atoms with van der Waals surface area (Å²) in [7, 11) is 0. The van der Waals surface area contributed by atoms with Gasteiger partial charge in [0.15, 0.2) is 0 Å². The minimum atomic E-state index is 0.285. The molecule has 0 aliphatic carbocycles. The van der Waals surface area contributed by atoms with Crippen LogP contribution in [0, 0.1) is 11.8 Å². The van der Waals surface area contributed by atoms with Crippen molar-refractivity contribution in [2.24, 2.45) is 11.8 Å². The zero-order valence-electron chi connectivity index (χ0n) is 13.4. The van der Waals surface area contributed by atoms with Gasteiger partial charge in [0.2, 0.25) is 0 Å². The molecule has 1 saturated heterocycles. The summed E-state index contributed by atoms with van der Waals surface area (Å²) < 4.78 is 6.26. The van der Waals surface area contributed by atoms with Crippen molar-refractivity contribution in [3.63, 3.8) is 0 Å². The summed E-state index contributed by atoms with van der Waals surface area (Å²) in [6, 6.07) is 7.45. The average molecular weight is 315 g/mol. The van der Waals surface area contributed by atoms with Gasteiger partial charge in [-0.15, -0.1) is 11.8 Å². The molecule has 3 heteroatoms. The molecule has 0 amide bonds. The molecule has 4 atom stereocenters. The van der Waals surface area contributed by atoms with E-state index in [1.54, 1.807) is 0 Å². The number of fused-ring (bicyclic) bond motifs is 3. The van der Waals surface area contributed by atoms with Gasteiger partial charge in [0.25, 0.3) is 0 Å². The molecule has 1 N–H and O–H groups in total. The van der Waals surface area contributed by atoms with Gasteiger partial charge in [-0.2, -0.15) is 0 Å². The molecule has 3 heterocycles. The van der Waals surface area contributed by atoms with Crippen molar-refractivity contribution < 1.29 is 4.74 Å². The second kappa shape index (κ2) is 5.93. The zero-order valence-corrected chi connectivity index (χ0v) is 14.2. The summed E-state index contributed by atoms with van der Waals surface area (Å²) in [6.45, 7) is 5.44. The SMILES string of the molecule is CC(C)c1ccc2c(c1)[C@H]1OCCC[C@H]1[C@H](C1C=CSC1)N2. The van der Waals surface area contributed by atoms with Gasteiger partial charge in [0.05, 0.1) is 6.10 Å². The molecule has 0 radical (unpaired) electrons. The first kappa shape index (κ1) is 14.6. The number of rotatable bonds is 2. The maximum Gasteiger partial charge on any atom is 0.0892 e. The highest BCUT2D eigenvalue weighted by Crippen LogP contribution is 2.47. The van der Waals surface area contributed by atoms with Crippen LogP contribution in [0.5, 0.6) is 0 Å². The Morgan fingerprint density at radius 3 is 3.00 bits per heavy atom. The summed E-state index contributed by atoms with van der Waals surface area (Å²) in [5.41, 5.74) is 4.10. The highest BCUT2D eigenvalue weighted by molar-refractivity contribution is 8.02. The van der Waals surface area contributed by atoms with Crippen LogP contribution in [-0.2, 0) is 4.74 Å². The Kier molecular flexibility index (Phi) is 3.95. The van der Waals surface area contributed by atoms with Crippen molar-refractivity contribution in [3.8, 4) is 0 Å². The lowest BCUT2D eigenvalue weighted by Gasteiger charge is -2.45. The van der Waals surface area contributed by atoms with Crippen molar-refractivity contribution >= 4 is 17.4 Å². The Morgan fingerprint density at radius 1 is 1.32 bits per heavy atom. The van der Waals surface area contributed by atoms with E-state index >= 15 is 0 Å². The number of benzene rings is 1. The number of anilines is 1. The van der Waals surface area contributed by atoms with Crippen molar-refractivity contribution in [3.05, 3.63) is 40.8 Å². The highest BCUT2D eigenvalue weighted by atomic mass is 32.2. The molecule has 4 rings (SSSR count). The van der Waals surface area contributed by atoms with E-state index in [1.165, 1.54) is 35.4 Å². The fourth-order valence-corrected chi connectivity index (χ4v) is 5.08. The minimum Gasteiger partial charge on any atom is -0.381 e. The molecule has 0 saturated carbocycles. The Morgan fingerprint density at radius 2 is 2.23 bits per heavy atom. The van der Waals surface area contributed by atoms with E-state index < -0.39 is 0 Å². The topological polar surface area (TPSA) is 21.3 Å². The predicted molar refractivity (Wildman–Crippen MR) is 94.4 cm³/mol. The third kappa shape index (κ3) is 2.48. The second-order valence-electron chi connectivity index (χ2n) is 7.09. The van der Waals surface area contributed by atoms with E-state index in [9.17, 15) is 0 Å². The molecule has 1 aromatic carbocycles. The number of nitrogens with one attached hydrogen (secondary N) is 1. The van der Waals surface area contributed by atoms with Crippen LogP contribution in [0.2, 0.25) is 0 Å². The molecule has 0 bridgehead atoms. The van der Waals surface area contributed by atoms with E-state index in [0.29, 0.717) is 23.8 Å². The standard InChI is InChI=1S/C19H25NOS/c1-12(2)13-5-6-17-16(10-13)19-15(4-3-8-21-19)18(20-17)14-7-9-22-11-14/h5-7,9-10,12,14-15,18-20H,3-4,8,11H2,1-2H3/t14?,15-,18-,19-/m0/s1. The van der Waals surface area contributed by atoms with Gasteiger partial charge >= 0.3 is 0 Å². The normalized spacial score (nSPS) is 33.4. The van der Waals surface area contributed by atoms with Crippen molar-refractivity contribution in [2.45, 2.75) is 44.8 Å². The monoisotopic (exact) mass is 315 g/mol. The lowest BCUT2D eigenvalue weighted by Crippen LogP contribution is -2.45. The van der Waals surface area contributed by atoms with Crippen LogP contribution in [0.4, 0.5) is 5.69 Å². The number of hydrogen-bond donors (Lipinski definition) is 1. The maximum atomic E-state index is 6.26. The van der Waals surface area contributed by atoms with Crippen LogP contribution in [0.3, 0.4) is 0 Å². The lowest BCUT2D eigenvalue weighted by molar-refractivity contribution is -0.0409. The largest absolute Gasteiger partial charge is 0.381 e. The first-order chi connectivity index (χ1) is 10.7. The van der Waals surface area contributed by atoms with E-state index in [0.717, 1.165) is 6.61 Å². The summed E-state index contributed by atoms with van der Waals surface area (Å²) >= 11 is 1.94. The first-order valence-electron chi connectivity index (χ1n) is 8.54. The molecule has 1 aromatic rings.